The molecule has 1 aliphatic rings. The summed E-state index contributed by atoms with van der Waals surface area (Å²) in [7, 11) is -3.81. The summed E-state index contributed by atoms with van der Waals surface area (Å²) < 4.78 is 26.8. The van der Waals surface area contributed by atoms with Crippen molar-refractivity contribution in [3.63, 3.8) is 0 Å². The number of nitrogens with one attached hydrogen (secondary N) is 1. The van der Waals surface area contributed by atoms with Gasteiger partial charge in [0.25, 0.3) is 5.69 Å². The van der Waals surface area contributed by atoms with Crippen molar-refractivity contribution in [2.24, 2.45) is 0 Å². The van der Waals surface area contributed by atoms with Crippen LogP contribution in [0.15, 0.2) is 18.2 Å². The number of aliphatic hydroxyl groups excluding tert-OH is 1. The lowest BCUT2D eigenvalue weighted by atomic mass is 9.97. The van der Waals surface area contributed by atoms with Crippen molar-refractivity contribution in [1.82, 2.24) is 0 Å². The van der Waals surface area contributed by atoms with Crippen molar-refractivity contribution in [3.05, 3.63) is 33.3 Å². The van der Waals surface area contributed by atoms with E-state index in [4.69, 9.17) is 11.6 Å². The summed E-state index contributed by atoms with van der Waals surface area (Å²) in [6.45, 7) is 0. The first-order chi connectivity index (χ1) is 9.81. The third-order valence-corrected chi connectivity index (χ3v) is 5.66. The molecule has 0 spiro atoms. The molecule has 0 aromatic heterocycles. The Labute approximate surface area is 127 Å². The molecule has 0 bridgehead atoms. The van der Waals surface area contributed by atoms with Gasteiger partial charge < -0.3 is 5.11 Å². The molecule has 21 heavy (non-hydrogen) atoms. The van der Waals surface area contributed by atoms with Gasteiger partial charge in [-0.3, -0.25) is 14.8 Å². The molecule has 0 radical (unpaired) electrons. The van der Waals surface area contributed by atoms with Crippen molar-refractivity contribution in [2.45, 2.75) is 37.0 Å². The number of benzene rings is 1. The first kappa shape index (κ1) is 16.0. The Morgan fingerprint density at radius 1 is 1.33 bits per heavy atom. The molecular formula is C12H15ClN2O5S. The van der Waals surface area contributed by atoms with E-state index in [9.17, 15) is 23.6 Å². The fraction of sp³-hybridized carbons (Fsp3) is 0.500. The van der Waals surface area contributed by atoms with Gasteiger partial charge in [-0.05, 0) is 25.0 Å². The molecule has 2 atom stereocenters. The van der Waals surface area contributed by atoms with Crippen molar-refractivity contribution in [2.75, 3.05) is 4.72 Å². The molecule has 0 amide bonds. The molecular weight excluding hydrogens is 320 g/mol. The number of hydrogen-bond donors (Lipinski definition) is 2. The molecule has 116 valence electrons. The maximum Gasteiger partial charge on any atom is 0.289 e. The van der Waals surface area contributed by atoms with Crippen molar-refractivity contribution < 1.29 is 18.4 Å². The SMILES string of the molecule is O=[N+]([O-])c1cc(NS(=O)(=O)C2CCCCC2O)ccc1Cl. The fourth-order valence-electron chi connectivity index (χ4n) is 2.40. The lowest BCUT2D eigenvalue weighted by Gasteiger charge is -2.27. The third-order valence-electron chi connectivity index (χ3n) is 3.47. The Morgan fingerprint density at radius 3 is 2.62 bits per heavy atom. The molecule has 1 aliphatic carbocycles. The van der Waals surface area contributed by atoms with E-state index >= 15 is 0 Å². The molecule has 1 aromatic rings. The van der Waals surface area contributed by atoms with E-state index < -0.39 is 26.3 Å². The van der Waals surface area contributed by atoms with Gasteiger partial charge in [0.15, 0.2) is 0 Å². The van der Waals surface area contributed by atoms with Crippen LogP contribution in [-0.4, -0.2) is 29.8 Å². The highest BCUT2D eigenvalue weighted by molar-refractivity contribution is 7.93. The number of rotatable bonds is 4. The molecule has 1 saturated carbocycles. The van der Waals surface area contributed by atoms with Crippen molar-refractivity contribution >= 4 is 33.0 Å². The predicted molar refractivity (Wildman–Crippen MR) is 78.9 cm³/mol. The molecule has 0 heterocycles. The number of hydrogen-bond acceptors (Lipinski definition) is 5. The van der Waals surface area contributed by atoms with Gasteiger partial charge in [-0.15, -0.1) is 0 Å². The number of nitrogens with zero attached hydrogens (tertiary/aromatic N) is 1. The Balaban J connectivity index is 2.24. The Morgan fingerprint density at radius 2 is 2.00 bits per heavy atom. The molecule has 0 saturated heterocycles. The predicted octanol–water partition coefficient (Wildman–Crippen LogP) is 2.29. The van der Waals surface area contributed by atoms with E-state index in [1.54, 1.807) is 0 Å². The average Bonchev–Trinajstić information content (AvgIpc) is 2.40. The van der Waals surface area contributed by atoms with Crippen LogP contribution < -0.4 is 4.72 Å². The zero-order valence-electron chi connectivity index (χ0n) is 11.0. The average molecular weight is 335 g/mol. The molecule has 7 nitrogen and oxygen atoms in total. The minimum absolute atomic E-state index is 0.0591. The smallest absolute Gasteiger partial charge is 0.289 e. The summed E-state index contributed by atoms with van der Waals surface area (Å²) >= 11 is 5.68. The lowest BCUT2D eigenvalue weighted by molar-refractivity contribution is -0.384. The monoisotopic (exact) mass is 334 g/mol. The molecule has 1 fully saturated rings. The van der Waals surface area contributed by atoms with Crippen LogP contribution in [0.5, 0.6) is 0 Å². The van der Waals surface area contributed by atoms with Gasteiger partial charge in [-0.1, -0.05) is 24.4 Å². The molecule has 2 N–H and O–H groups in total. The van der Waals surface area contributed by atoms with Gasteiger partial charge in [-0.2, -0.15) is 0 Å². The zero-order chi connectivity index (χ0) is 15.6. The largest absolute Gasteiger partial charge is 0.392 e. The highest BCUT2D eigenvalue weighted by Gasteiger charge is 2.34. The van der Waals surface area contributed by atoms with E-state index in [0.29, 0.717) is 12.8 Å². The normalized spacial score (nSPS) is 22.8. The van der Waals surface area contributed by atoms with Crippen LogP contribution in [-0.2, 0) is 10.0 Å². The summed E-state index contributed by atoms with van der Waals surface area (Å²) in [5.74, 6) is 0. The van der Waals surface area contributed by atoms with Crippen LogP contribution in [0, 0.1) is 10.1 Å². The van der Waals surface area contributed by atoms with Gasteiger partial charge in [0.05, 0.1) is 16.7 Å². The maximum atomic E-state index is 12.3. The minimum Gasteiger partial charge on any atom is -0.392 e. The number of sulfonamides is 1. The standard InChI is InChI=1S/C12H15ClN2O5S/c13-9-6-5-8(7-10(9)15(17)18)14-21(19,20)12-4-2-1-3-11(12)16/h5-7,11-12,14,16H,1-4H2. The van der Waals surface area contributed by atoms with E-state index in [2.05, 4.69) is 4.72 Å². The number of halogens is 1. The second-order valence-corrected chi connectivity index (χ2v) is 7.27. The quantitative estimate of drug-likeness (QED) is 0.648. The number of anilines is 1. The molecule has 1 aromatic carbocycles. The summed E-state index contributed by atoms with van der Waals surface area (Å²) in [6.07, 6.45) is 1.40. The number of nitro benzene ring substituents is 1. The fourth-order valence-corrected chi connectivity index (χ4v) is 4.22. The molecule has 0 aliphatic heterocycles. The summed E-state index contributed by atoms with van der Waals surface area (Å²) in [5.41, 5.74) is -0.315. The van der Waals surface area contributed by atoms with E-state index in [0.717, 1.165) is 18.9 Å². The minimum atomic E-state index is -3.81. The van der Waals surface area contributed by atoms with E-state index in [1.807, 2.05) is 0 Å². The second-order valence-electron chi connectivity index (χ2n) is 4.96. The van der Waals surface area contributed by atoms with Crippen LogP contribution >= 0.6 is 11.6 Å². The van der Waals surface area contributed by atoms with Gasteiger partial charge in [0, 0.05) is 6.07 Å². The highest BCUT2D eigenvalue weighted by atomic mass is 35.5. The molecule has 9 heteroatoms. The van der Waals surface area contributed by atoms with Gasteiger partial charge in [-0.25, -0.2) is 8.42 Å². The number of aliphatic hydroxyl groups is 1. The molecule has 2 rings (SSSR count). The summed E-state index contributed by atoms with van der Waals surface area (Å²) in [4.78, 5) is 10.1. The summed E-state index contributed by atoms with van der Waals surface area (Å²) in [6, 6.07) is 3.67. The van der Waals surface area contributed by atoms with Crippen LogP contribution in [0.3, 0.4) is 0 Å². The third kappa shape index (κ3) is 3.63. The van der Waals surface area contributed by atoms with Crippen LogP contribution in [0.25, 0.3) is 0 Å². The zero-order valence-corrected chi connectivity index (χ0v) is 12.6. The van der Waals surface area contributed by atoms with Crippen LogP contribution in [0.4, 0.5) is 11.4 Å². The van der Waals surface area contributed by atoms with Gasteiger partial charge in [0.2, 0.25) is 10.0 Å². The van der Waals surface area contributed by atoms with E-state index in [-0.39, 0.29) is 16.4 Å². The Bertz CT molecular complexity index is 649. The first-order valence-electron chi connectivity index (χ1n) is 6.45. The van der Waals surface area contributed by atoms with E-state index in [1.165, 1.54) is 12.1 Å². The Kier molecular flexibility index (Phi) is 4.70. The van der Waals surface area contributed by atoms with Crippen LogP contribution in [0.2, 0.25) is 5.02 Å². The molecule has 2 unspecified atom stereocenters. The van der Waals surface area contributed by atoms with Gasteiger partial charge >= 0.3 is 0 Å². The Hall–Kier alpha value is -1.38. The first-order valence-corrected chi connectivity index (χ1v) is 8.37. The topological polar surface area (TPSA) is 110 Å². The lowest BCUT2D eigenvalue weighted by Crippen LogP contribution is -2.40. The van der Waals surface area contributed by atoms with Crippen molar-refractivity contribution in [3.8, 4) is 0 Å². The number of nitro groups is 1. The maximum absolute atomic E-state index is 12.3. The highest BCUT2D eigenvalue weighted by Crippen LogP contribution is 2.30. The van der Waals surface area contributed by atoms with Crippen LogP contribution in [0.1, 0.15) is 25.7 Å². The second kappa shape index (κ2) is 6.17. The van der Waals surface area contributed by atoms with Gasteiger partial charge in [0.1, 0.15) is 10.3 Å². The summed E-state index contributed by atoms with van der Waals surface area (Å²) in [5, 5.41) is 19.6. The van der Waals surface area contributed by atoms with Crippen molar-refractivity contribution in [1.29, 1.82) is 0 Å².